The number of halogens is 1. The summed E-state index contributed by atoms with van der Waals surface area (Å²) in [6, 6.07) is 4.14. The third-order valence-corrected chi connectivity index (χ3v) is 6.23. The van der Waals surface area contributed by atoms with Crippen molar-refractivity contribution in [2.24, 2.45) is 10.9 Å². The number of rotatable bonds is 9. The van der Waals surface area contributed by atoms with Crippen LogP contribution in [0.5, 0.6) is 0 Å². The minimum absolute atomic E-state index is 0. The SMILES string of the molecule is CN=C(NCCc1cccs1)NCCS(=O)(=O)NCC1CCC1.I. The number of thiophene rings is 1. The van der Waals surface area contributed by atoms with Gasteiger partial charge in [0.25, 0.3) is 0 Å². The Morgan fingerprint density at radius 1 is 1.33 bits per heavy atom. The molecule has 0 spiro atoms. The summed E-state index contributed by atoms with van der Waals surface area (Å²) in [7, 11) is -1.52. The van der Waals surface area contributed by atoms with Crippen LogP contribution in [0.25, 0.3) is 0 Å². The number of nitrogens with zero attached hydrogens (tertiary/aromatic N) is 1. The lowest BCUT2D eigenvalue weighted by atomic mass is 9.86. The smallest absolute Gasteiger partial charge is 0.213 e. The summed E-state index contributed by atoms with van der Waals surface area (Å²) in [6.07, 6.45) is 4.43. The summed E-state index contributed by atoms with van der Waals surface area (Å²) in [5.74, 6) is 1.23. The van der Waals surface area contributed by atoms with Crippen LogP contribution in [-0.2, 0) is 16.4 Å². The van der Waals surface area contributed by atoms with Crippen LogP contribution >= 0.6 is 35.3 Å². The van der Waals surface area contributed by atoms with Crippen molar-refractivity contribution in [3.05, 3.63) is 22.4 Å². The number of hydrogen-bond donors (Lipinski definition) is 3. The zero-order valence-electron chi connectivity index (χ0n) is 14.0. The maximum atomic E-state index is 11.9. The van der Waals surface area contributed by atoms with E-state index in [-0.39, 0.29) is 29.7 Å². The second kappa shape index (κ2) is 11.3. The summed E-state index contributed by atoms with van der Waals surface area (Å²) in [5.41, 5.74) is 0. The third-order valence-electron chi connectivity index (χ3n) is 3.95. The first-order chi connectivity index (χ1) is 11.1. The number of aliphatic imine (C=N–C) groups is 1. The highest BCUT2D eigenvalue weighted by atomic mass is 127. The van der Waals surface area contributed by atoms with Crippen LogP contribution in [-0.4, -0.2) is 46.8 Å². The summed E-state index contributed by atoms with van der Waals surface area (Å²) >= 11 is 1.73. The molecule has 3 N–H and O–H groups in total. The van der Waals surface area contributed by atoms with Gasteiger partial charge < -0.3 is 10.6 Å². The highest BCUT2D eigenvalue weighted by Gasteiger charge is 2.19. The molecule has 0 bridgehead atoms. The molecular formula is C15H27IN4O2S2. The Kier molecular flexibility index (Phi) is 10.2. The van der Waals surface area contributed by atoms with Crippen molar-refractivity contribution in [1.82, 2.24) is 15.4 Å². The van der Waals surface area contributed by atoms with Gasteiger partial charge in [-0.1, -0.05) is 12.5 Å². The largest absolute Gasteiger partial charge is 0.356 e. The molecule has 0 radical (unpaired) electrons. The van der Waals surface area contributed by atoms with Gasteiger partial charge in [0, 0.05) is 31.6 Å². The average molecular weight is 486 g/mol. The molecule has 0 saturated heterocycles. The molecule has 1 fully saturated rings. The normalized spacial score (nSPS) is 15.5. The molecule has 1 aromatic heterocycles. The van der Waals surface area contributed by atoms with Crippen LogP contribution in [0.4, 0.5) is 0 Å². The van der Waals surface area contributed by atoms with Crippen molar-refractivity contribution >= 4 is 51.3 Å². The molecule has 0 aromatic carbocycles. The first-order valence-corrected chi connectivity index (χ1v) is 10.6. The Hall–Kier alpha value is -0.390. The van der Waals surface area contributed by atoms with Gasteiger partial charge in [-0.2, -0.15) is 0 Å². The maximum absolute atomic E-state index is 11.9. The topological polar surface area (TPSA) is 82.6 Å². The Labute approximate surface area is 166 Å². The lowest BCUT2D eigenvalue weighted by Crippen LogP contribution is -2.42. The predicted octanol–water partition coefficient (Wildman–Crippen LogP) is 1.79. The van der Waals surface area contributed by atoms with Crippen LogP contribution in [0.1, 0.15) is 24.1 Å². The minimum atomic E-state index is -3.21. The van der Waals surface area contributed by atoms with Crippen molar-refractivity contribution < 1.29 is 8.42 Å². The summed E-state index contributed by atoms with van der Waals surface area (Å²) < 4.78 is 26.5. The van der Waals surface area contributed by atoms with Gasteiger partial charge in [0.2, 0.25) is 10.0 Å². The fourth-order valence-electron chi connectivity index (χ4n) is 2.30. The molecule has 1 heterocycles. The van der Waals surface area contributed by atoms with E-state index < -0.39 is 10.0 Å². The third kappa shape index (κ3) is 8.13. The average Bonchev–Trinajstić information content (AvgIpc) is 2.97. The molecule has 1 saturated carbocycles. The van der Waals surface area contributed by atoms with E-state index in [9.17, 15) is 8.42 Å². The van der Waals surface area contributed by atoms with E-state index in [0.717, 1.165) is 25.8 Å². The molecule has 2 rings (SSSR count). The lowest BCUT2D eigenvalue weighted by molar-refractivity contribution is 0.316. The van der Waals surface area contributed by atoms with E-state index >= 15 is 0 Å². The maximum Gasteiger partial charge on any atom is 0.213 e. The highest BCUT2D eigenvalue weighted by Crippen LogP contribution is 2.25. The number of guanidine groups is 1. The molecule has 0 amide bonds. The molecule has 6 nitrogen and oxygen atoms in total. The second-order valence-corrected chi connectivity index (χ2v) is 8.68. The summed E-state index contributed by atoms with van der Waals surface area (Å²) in [4.78, 5) is 5.42. The molecule has 1 aromatic rings. The number of nitrogens with one attached hydrogen (secondary N) is 3. The predicted molar refractivity (Wildman–Crippen MR) is 112 cm³/mol. The fourth-order valence-corrected chi connectivity index (χ4v) is 4.01. The molecule has 0 atom stereocenters. The minimum Gasteiger partial charge on any atom is -0.356 e. The molecule has 138 valence electrons. The van der Waals surface area contributed by atoms with Gasteiger partial charge in [-0.3, -0.25) is 4.99 Å². The monoisotopic (exact) mass is 486 g/mol. The van der Waals surface area contributed by atoms with Crippen LogP contribution < -0.4 is 15.4 Å². The van der Waals surface area contributed by atoms with E-state index in [1.165, 1.54) is 11.3 Å². The highest BCUT2D eigenvalue weighted by molar-refractivity contribution is 14.0. The fraction of sp³-hybridized carbons (Fsp3) is 0.667. The van der Waals surface area contributed by atoms with Gasteiger partial charge in [0.05, 0.1) is 5.75 Å². The molecule has 1 aliphatic carbocycles. The molecule has 9 heteroatoms. The van der Waals surface area contributed by atoms with Gasteiger partial charge in [-0.05, 0) is 36.6 Å². The van der Waals surface area contributed by atoms with Gasteiger partial charge in [-0.25, -0.2) is 13.1 Å². The van der Waals surface area contributed by atoms with Crippen LogP contribution in [0.3, 0.4) is 0 Å². The van der Waals surface area contributed by atoms with E-state index in [1.54, 1.807) is 18.4 Å². The Bertz CT molecular complexity index is 587. The number of sulfonamides is 1. The molecule has 0 aliphatic heterocycles. The Morgan fingerprint density at radius 3 is 2.67 bits per heavy atom. The van der Waals surface area contributed by atoms with Crippen LogP contribution in [0.15, 0.2) is 22.5 Å². The van der Waals surface area contributed by atoms with Gasteiger partial charge in [0.15, 0.2) is 5.96 Å². The first-order valence-electron chi connectivity index (χ1n) is 8.03. The van der Waals surface area contributed by atoms with E-state index in [1.807, 2.05) is 6.07 Å². The summed E-state index contributed by atoms with van der Waals surface area (Å²) in [5, 5.41) is 8.30. The van der Waals surface area contributed by atoms with E-state index in [0.29, 0.717) is 25.0 Å². The summed E-state index contributed by atoms with van der Waals surface area (Å²) in [6.45, 7) is 1.70. The first kappa shape index (κ1) is 21.7. The number of hydrogen-bond acceptors (Lipinski definition) is 4. The van der Waals surface area contributed by atoms with Gasteiger partial charge in [0.1, 0.15) is 0 Å². The standard InChI is InChI=1S/C15H26N4O2S2.HI/c1-16-15(17-8-7-14-6-3-10-22-14)18-9-11-23(20,21)19-12-13-4-2-5-13;/h3,6,10,13,19H,2,4-5,7-9,11-12H2,1H3,(H2,16,17,18);1H. The quantitative estimate of drug-likeness (QED) is 0.283. The zero-order valence-corrected chi connectivity index (χ0v) is 17.9. The Morgan fingerprint density at radius 2 is 2.08 bits per heavy atom. The molecule has 1 aliphatic rings. The zero-order chi connectivity index (χ0) is 16.5. The molecule has 0 unspecified atom stereocenters. The van der Waals surface area contributed by atoms with Crippen molar-refractivity contribution in [2.45, 2.75) is 25.7 Å². The van der Waals surface area contributed by atoms with Crippen molar-refractivity contribution in [2.75, 3.05) is 32.4 Å². The van der Waals surface area contributed by atoms with Crippen molar-refractivity contribution in [1.29, 1.82) is 0 Å². The van der Waals surface area contributed by atoms with E-state index in [2.05, 4.69) is 31.8 Å². The van der Waals surface area contributed by atoms with Crippen molar-refractivity contribution in [3.8, 4) is 0 Å². The Balaban J connectivity index is 0.00000288. The van der Waals surface area contributed by atoms with Crippen LogP contribution in [0.2, 0.25) is 0 Å². The van der Waals surface area contributed by atoms with Crippen LogP contribution in [0, 0.1) is 5.92 Å². The second-order valence-electron chi connectivity index (χ2n) is 5.72. The lowest BCUT2D eigenvalue weighted by Gasteiger charge is -2.25. The van der Waals surface area contributed by atoms with Gasteiger partial charge in [-0.15, -0.1) is 35.3 Å². The molecular weight excluding hydrogens is 459 g/mol. The molecule has 24 heavy (non-hydrogen) atoms. The van der Waals surface area contributed by atoms with Crippen molar-refractivity contribution in [3.63, 3.8) is 0 Å². The van der Waals surface area contributed by atoms with Gasteiger partial charge >= 0.3 is 0 Å². The van der Waals surface area contributed by atoms with E-state index in [4.69, 9.17) is 0 Å².